The zero-order chi connectivity index (χ0) is 15.6. The van der Waals surface area contributed by atoms with Gasteiger partial charge in [0.05, 0.1) is 5.60 Å². The van der Waals surface area contributed by atoms with Gasteiger partial charge in [0, 0.05) is 19.6 Å². The zero-order valence-corrected chi connectivity index (χ0v) is 13.3. The fraction of sp³-hybridized carbons (Fsp3) is 0.812. The summed E-state index contributed by atoms with van der Waals surface area (Å²) in [5, 5.41) is 10.7. The predicted octanol–water partition coefficient (Wildman–Crippen LogP) is 0.714. The molecule has 124 valence electrons. The highest BCUT2D eigenvalue weighted by atomic mass is 16.6. The minimum atomic E-state index is -0.658. The van der Waals surface area contributed by atoms with Crippen molar-refractivity contribution in [3.05, 3.63) is 11.5 Å². The van der Waals surface area contributed by atoms with E-state index in [0.29, 0.717) is 50.7 Å². The van der Waals surface area contributed by atoms with Crippen LogP contribution in [-0.4, -0.2) is 72.4 Å². The summed E-state index contributed by atoms with van der Waals surface area (Å²) in [6.45, 7) is 6.73. The van der Waals surface area contributed by atoms with Gasteiger partial charge in [-0.3, -0.25) is 4.79 Å². The molecule has 1 N–H and O–H groups in total. The van der Waals surface area contributed by atoms with Crippen molar-refractivity contribution in [3.8, 4) is 0 Å². The number of carbonyl (C=O) groups is 1. The van der Waals surface area contributed by atoms with Gasteiger partial charge in [-0.25, -0.2) is 0 Å². The van der Waals surface area contributed by atoms with Crippen molar-refractivity contribution in [1.29, 1.82) is 0 Å². The number of aliphatic hydroxyl groups is 1. The first-order chi connectivity index (χ1) is 10.6. The highest BCUT2D eigenvalue weighted by molar-refractivity contribution is 5.92. The lowest BCUT2D eigenvalue weighted by Gasteiger charge is -2.40. The lowest BCUT2D eigenvalue weighted by atomic mass is 9.90. The van der Waals surface area contributed by atoms with E-state index in [4.69, 9.17) is 9.47 Å². The molecule has 0 aromatic rings. The summed E-state index contributed by atoms with van der Waals surface area (Å²) in [6.07, 6.45) is 3.71. The van der Waals surface area contributed by atoms with Gasteiger partial charge in [0.25, 0.3) is 5.91 Å². The molecule has 0 atom stereocenters. The van der Waals surface area contributed by atoms with Crippen molar-refractivity contribution < 1.29 is 19.4 Å². The molecule has 6 heteroatoms. The van der Waals surface area contributed by atoms with Gasteiger partial charge >= 0.3 is 0 Å². The van der Waals surface area contributed by atoms with Crippen molar-refractivity contribution >= 4 is 5.91 Å². The van der Waals surface area contributed by atoms with Crippen LogP contribution in [0.2, 0.25) is 0 Å². The van der Waals surface area contributed by atoms with Gasteiger partial charge in [0.1, 0.15) is 19.0 Å². The Hall–Kier alpha value is -1.27. The van der Waals surface area contributed by atoms with Gasteiger partial charge in [-0.05, 0) is 45.7 Å². The Balaban J connectivity index is 1.55. The summed E-state index contributed by atoms with van der Waals surface area (Å²) in [5.41, 5.74) is -0.658. The van der Waals surface area contributed by atoms with Gasteiger partial charge < -0.3 is 24.4 Å². The third kappa shape index (κ3) is 3.38. The molecule has 3 heterocycles. The summed E-state index contributed by atoms with van der Waals surface area (Å²) < 4.78 is 10.8. The highest BCUT2D eigenvalue weighted by Crippen LogP contribution is 2.27. The first-order valence-electron chi connectivity index (χ1n) is 8.28. The van der Waals surface area contributed by atoms with Gasteiger partial charge in [0.15, 0.2) is 0 Å². The molecule has 1 amide bonds. The minimum Gasteiger partial charge on any atom is -0.491 e. The Kier molecular flexibility index (Phi) is 4.59. The topological polar surface area (TPSA) is 62.2 Å². The lowest BCUT2D eigenvalue weighted by molar-refractivity contribution is -0.137. The van der Waals surface area contributed by atoms with Crippen LogP contribution in [0.3, 0.4) is 0 Å². The van der Waals surface area contributed by atoms with E-state index in [1.54, 1.807) is 11.8 Å². The fourth-order valence-electron chi connectivity index (χ4n) is 3.50. The van der Waals surface area contributed by atoms with Crippen LogP contribution in [0.25, 0.3) is 0 Å². The number of hydrogen-bond donors (Lipinski definition) is 1. The molecule has 0 aromatic carbocycles. The molecule has 0 bridgehead atoms. The molecule has 0 aromatic heterocycles. The number of β-amino-alcohol motifs (C(OH)–C–C–N with tert-alkyl or cyclic N) is 1. The van der Waals surface area contributed by atoms with Crippen LogP contribution in [0, 0.1) is 0 Å². The zero-order valence-electron chi connectivity index (χ0n) is 13.3. The number of nitrogens with zero attached hydrogens (tertiary/aromatic N) is 2. The predicted molar refractivity (Wildman–Crippen MR) is 81.0 cm³/mol. The van der Waals surface area contributed by atoms with Crippen LogP contribution in [0.15, 0.2) is 11.5 Å². The lowest BCUT2D eigenvalue weighted by Crippen LogP contribution is -2.52. The molecule has 0 saturated carbocycles. The molecule has 3 aliphatic rings. The molecule has 22 heavy (non-hydrogen) atoms. The SMILES string of the molecule is CC1=C(C(=O)N2CCC(O)(CN3CCCC3)CC2)OCCO1. The number of allylic oxidation sites excluding steroid dienone is 1. The minimum absolute atomic E-state index is 0.111. The average molecular weight is 310 g/mol. The standard InChI is InChI=1S/C16H26N2O4/c1-13-14(22-11-10-21-13)15(19)18-8-4-16(20,5-9-18)12-17-6-2-3-7-17/h20H,2-12H2,1H3. The van der Waals surface area contributed by atoms with E-state index in [9.17, 15) is 9.90 Å². The Labute approximate surface area is 131 Å². The van der Waals surface area contributed by atoms with E-state index in [2.05, 4.69) is 4.90 Å². The van der Waals surface area contributed by atoms with E-state index in [0.717, 1.165) is 19.6 Å². The highest BCUT2D eigenvalue weighted by Gasteiger charge is 2.37. The molecular formula is C16H26N2O4. The summed E-state index contributed by atoms with van der Waals surface area (Å²) in [5.74, 6) is 0.783. The van der Waals surface area contributed by atoms with Gasteiger partial charge in [-0.1, -0.05) is 0 Å². The van der Waals surface area contributed by atoms with Crippen molar-refractivity contribution in [3.63, 3.8) is 0 Å². The first kappa shape index (κ1) is 15.6. The second-order valence-corrected chi connectivity index (χ2v) is 6.58. The third-order valence-corrected chi connectivity index (χ3v) is 4.86. The van der Waals surface area contributed by atoms with E-state index in [-0.39, 0.29) is 5.91 Å². The molecule has 2 fully saturated rings. The Morgan fingerprint density at radius 3 is 2.41 bits per heavy atom. The fourth-order valence-corrected chi connectivity index (χ4v) is 3.50. The quantitative estimate of drug-likeness (QED) is 0.832. The van der Waals surface area contributed by atoms with Crippen LogP contribution in [-0.2, 0) is 14.3 Å². The van der Waals surface area contributed by atoms with Gasteiger partial charge in [0.2, 0.25) is 5.76 Å². The third-order valence-electron chi connectivity index (χ3n) is 4.86. The molecule has 0 spiro atoms. The van der Waals surface area contributed by atoms with Gasteiger partial charge in [-0.2, -0.15) is 0 Å². The molecule has 0 radical (unpaired) electrons. The second-order valence-electron chi connectivity index (χ2n) is 6.58. The van der Waals surface area contributed by atoms with Crippen molar-refractivity contribution in [2.45, 2.75) is 38.2 Å². The number of ether oxygens (including phenoxy) is 2. The number of rotatable bonds is 3. The Morgan fingerprint density at radius 2 is 1.77 bits per heavy atom. The van der Waals surface area contributed by atoms with Crippen LogP contribution in [0.1, 0.15) is 32.6 Å². The maximum absolute atomic E-state index is 12.5. The van der Waals surface area contributed by atoms with Crippen molar-refractivity contribution in [2.75, 3.05) is 45.9 Å². The number of piperidine rings is 1. The maximum atomic E-state index is 12.5. The number of likely N-dealkylation sites (tertiary alicyclic amines) is 2. The molecule has 3 aliphatic heterocycles. The summed E-state index contributed by atoms with van der Waals surface area (Å²) in [4.78, 5) is 16.6. The Bertz CT molecular complexity index is 449. The van der Waals surface area contributed by atoms with E-state index >= 15 is 0 Å². The monoisotopic (exact) mass is 310 g/mol. The largest absolute Gasteiger partial charge is 0.491 e. The molecule has 0 unspecified atom stereocenters. The molecule has 6 nitrogen and oxygen atoms in total. The summed E-state index contributed by atoms with van der Waals surface area (Å²) in [6, 6.07) is 0. The molecule has 0 aliphatic carbocycles. The number of carbonyl (C=O) groups excluding carboxylic acids is 1. The number of hydrogen-bond acceptors (Lipinski definition) is 5. The Morgan fingerprint density at radius 1 is 1.14 bits per heavy atom. The molecular weight excluding hydrogens is 284 g/mol. The van der Waals surface area contributed by atoms with E-state index in [1.807, 2.05) is 0 Å². The van der Waals surface area contributed by atoms with Gasteiger partial charge in [-0.15, -0.1) is 0 Å². The smallest absolute Gasteiger partial charge is 0.292 e. The average Bonchev–Trinajstić information content (AvgIpc) is 3.00. The van der Waals surface area contributed by atoms with Crippen LogP contribution >= 0.6 is 0 Å². The van der Waals surface area contributed by atoms with Crippen LogP contribution in [0.4, 0.5) is 0 Å². The summed E-state index contributed by atoms with van der Waals surface area (Å²) in [7, 11) is 0. The second kappa shape index (κ2) is 6.46. The first-order valence-corrected chi connectivity index (χ1v) is 8.28. The van der Waals surface area contributed by atoms with Crippen molar-refractivity contribution in [1.82, 2.24) is 9.80 Å². The van der Waals surface area contributed by atoms with E-state index < -0.39 is 5.60 Å². The maximum Gasteiger partial charge on any atom is 0.292 e. The normalized spacial score (nSPS) is 25.8. The summed E-state index contributed by atoms with van der Waals surface area (Å²) >= 11 is 0. The van der Waals surface area contributed by atoms with Crippen LogP contribution < -0.4 is 0 Å². The van der Waals surface area contributed by atoms with Crippen LogP contribution in [0.5, 0.6) is 0 Å². The van der Waals surface area contributed by atoms with E-state index in [1.165, 1.54) is 12.8 Å². The molecule has 2 saturated heterocycles. The number of amides is 1. The van der Waals surface area contributed by atoms with Crippen molar-refractivity contribution in [2.24, 2.45) is 0 Å². The molecule has 3 rings (SSSR count).